The fourth-order valence-electron chi connectivity index (χ4n) is 3.20. The highest BCUT2D eigenvalue weighted by Gasteiger charge is 2.27. The maximum Gasteiger partial charge on any atom is 0.0451 e. The van der Waals surface area contributed by atoms with Crippen molar-refractivity contribution in [2.75, 3.05) is 26.2 Å². The zero-order chi connectivity index (χ0) is 16.1. The van der Waals surface area contributed by atoms with Gasteiger partial charge in [-0.15, -0.1) is 11.3 Å². The Labute approximate surface area is 147 Å². The lowest BCUT2D eigenvalue weighted by Gasteiger charge is -2.41. The molecule has 1 saturated heterocycles. The maximum atomic E-state index is 9.42. The minimum Gasteiger partial charge on any atom is -0.396 e. The third-order valence-electron chi connectivity index (χ3n) is 4.44. The molecule has 124 valence electrons. The van der Waals surface area contributed by atoms with Gasteiger partial charge in [-0.1, -0.05) is 35.9 Å². The molecule has 0 saturated carbocycles. The Kier molecular flexibility index (Phi) is 6.08. The molecule has 3 rings (SSSR count). The number of nitrogens with zero attached hydrogens (tertiary/aromatic N) is 2. The van der Waals surface area contributed by atoms with Crippen molar-refractivity contribution in [3.8, 4) is 0 Å². The number of halogens is 1. The molecule has 1 fully saturated rings. The van der Waals surface area contributed by atoms with Gasteiger partial charge < -0.3 is 5.11 Å². The number of benzene rings is 1. The molecule has 1 aromatic carbocycles. The number of thiophene rings is 1. The summed E-state index contributed by atoms with van der Waals surface area (Å²) >= 11 is 8.10. The summed E-state index contributed by atoms with van der Waals surface area (Å²) in [6.45, 7) is 5.17. The van der Waals surface area contributed by atoms with Gasteiger partial charge in [-0.05, 0) is 29.5 Å². The summed E-state index contributed by atoms with van der Waals surface area (Å²) in [5.74, 6) is 0. The van der Waals surface area contributed by atoms with E-state index in [2.05, 4.69) is 33.4 Å². The van der Waals surface area contributed by atoms with Crippen LogP contribution in [0, 0.1) is 0 Å². The average Bonchev–Trinajstić information content (AvgIpc) is 3.05. The molecule has 1 aliphatic heterocycles. The maximum absolute atomic E-state index is 9.42. The molecule has 23 heavy (non-hydrogen) atoms. The van der Waals surface area contributed by atoms with Crippen LogP contribution in [-0.2, 0) is 13.1 Å². The number of piperazine rings is 1. The second kappa shape index (κ2) is 8.27. The predicted molar refractivity (Wildman–Crippen MR) is 96.9 cm³/mol. The van der Waals surface area contributed by atoms with Crippen LogP contribution in [0.4, 0.5) is 0 Å². The van der Waals surface area contributed by atoms with Gasteiger partial charge in [0.2, 0.25) is 0 Å². The number of aliphatic hydroxyl groups is 1. The van der Waals surface area contributed by atoms with Gasteiger partial charge in [-0.25, -0.2) is 0 Å². The molecule has 2 heterocycles. The summed E-state index contributed by atoms with van der Waals surface area (Å²) in [5, 5.41) is 12.4. The molecule has 1 aromatic heterocycles. The summed E-state index contributed by atoms with van der Waals surface area (Å²) in [4.78, 5) is 6.35. The highest BCUT2D eigenvalue weighted by Crippen LogP contribution is 2.22. The van der Waals surface area contributed by atoms with Crippen LogP contribution in [0.2, 0.25) is 5.02 Å². The zero-order valence-corrected chi connectivity index (χ0v) is 14.8. The van der Waals surface area contributed by atoms with Gasteiger partial charge in [0.15, 0.2) is 0 Å². The van der Waals surface area contributed by atoms with Crippen molar-refractivity contribution >= 4 is 22.9 Å². The van der Waals surface area contributed by atoms with Crippen LogP contribution in [0.25, 0.3) is 0 Å². The van der Waals surface area contributed by atoms with Crippen molar-refractivity contribution in [2.24, 2.45) is 0 Å². The lowest BCUT2D eigenvalue weighted by molar-refractivity contribution is 0.0507. The first-order chi connectivity index (χ1) is 11.3. The quantitative estimate of drug-likeness (QED) is 0.864. The molecule has 0 aliphatic carbocycles. The van der Waals surface area contributed by atoms with Crippen molar-refractivity contribution < 1.29 is 5.11 Å². The number of hydrogen-bond acceptors (Lipinski definition) is 4. The first kappa shape index (κ1) is 16.9. The second-order valence-corrected chi connectivity index (χ2v) is 7.48. The highest BCUT2D eigenvalue weighted by atomic mass is 35.5. The number of hydrogen-bond donors (Lipinski definition) is 1. The zero-order valence-electron chi connectivity index (χ0n) is 13.2. The van der Waals surface area contributed by atoms with Gasteiger partial charge in [-0.3, -0.25) is 9.80 Å². The normalized spacial score (nSPS) is 20.0. The van der Waals surface area contributed by atoms with Crippen LogP contribution in [0.5, 0.6) is 0 Å². The monoisotopic (exact) mass is 350 g/mol. The summed E-state index contributed by atoms with van der Waals surface area (Å²) in [7, 11) is 0. The Morgan fingerprint density at radius 3 is 2.74 bits per heavy atom. The van der Waals surface area contributed by atoms with E-state index < -0.39 is 0 Å². The standard InChI is InChI=1S/C18H23ClN2OS/c19-18-6-2-1-4-15(18)12-20-8-9-21(16(13-20)7-10-22)14-17-5-3-11-23-17/h1-6,11,16,22H,7-10,12-14H2/t16-/m1/s1. The van der Waals surface area contributed by atoms with E-state index in [1.54, 1.807) is 11.3 Å². The highest BCUT2D eigenvalue weighted by molar-refractivity contribution is 7.09. The van der Waals surface area contributed by atoms with E-state index in [0.717, 1.165) is 44.2 Å². The van der Waals surface area contributed by atoms with Crippen molar-refractivity contribution in [1.29, 1.82) is 0 Å². The van der Waals surface area contributed by atoms with E-state index in [-0.39, 0.29) is 6.61 Å². The smallest absolute Gasteiger partial charge is 0.0451 e. The third-order valence-corrected chi connectivity index (χ3v) is 5.67. The summed E-state index contributed by atoms with van der Waals surface area (Å²) in [6.07, 6.45) is 0.824. The molecule has 1 aliphatic rings. The SMILES string of the molecule is OCC[C@@H]1CN(Cc2ccccc2Cl)CCN1Cc1cccs1. The lowest BCUT2D eigenvalue weighted by Crippen LogP contribution is -2.52. The van der Waals surface area contributed by atoms with Crippen molar-refractivity contribution in [3.63, 3.8) is 0 Å². The second-order valence-electron chi connectivity index (χ2n) is 6.04. The predicted octanol–water partition coefficient (Wildman–Crippen LogP) is 3.47. The van der Waals surface area contributed by atoms with Crippen molar-refractivity contribution in [1.82, 2.24) is 9.80 Å². The lowest BCUT2D eigenvalue weighted by atomic mass is 10.1. The molecular weight excluding hydrogens is 328 g/mol. The third kappa shape index (κ3) is 4.55. The van der Waals surface area contributed by atoms with Crippen LogP contribution in [0.1, 0.15) is 16.9 Å². The van der Waals surface area contributed by atoms with Crippen molar-refractivity contribution in [2.45, 2.75) is 25.6 Å². The molecule has 5 heteroatoms. The largest absolute Gasteiger partial charge is 0.396 e. The van der Waals surface area contributed by atoms with E-state index in [1.165, 1.54) is 10.4 Å². The van der Waals surface area contributed by atoms with Crippen LogP contribution in [0.3, 0.4) is 0 Å². The van der Waals surface area contributed by atoms with Crippen molar-refractivity contribution in [3.05, 3.63) is 57.2 Å². The van der Waals surface area contributed by atoms with Gasteiger partial charge >= 0.3 is 0 Å². The Morgan fingerprint density at radius 1 is 1.13 bits per heavy atom. The first-order valence-corrected chi connectivity index (χ1v) is 9.35. The van der Waals surface area contributed by atoms with Crippen LogP contribution in [0.15, 0.2) is 41.8 Å². The average molecular weight is 351 g/mol. The Balaban J connectivity index is 1.62. The van der Waals surface area contributed by atoms with Gasteiger partial charge in [0.1, 0.15) is 0 Å². The van der Waals surface area contributed by atoms with E-state index in [9.17, 15) is 5.11 Å². The molecule has 1 atom stereocenters. The molecule has 0 spiro atoms. The molecule has 2 aromatic rings. The molecule has 0 unspecified atom stereocenters. The Bertz CT molecular complexity index is 605. The Hall–Kier alpha value is -0.910. The summed E-state index contributed by atoms with van der Waals surface area (Å²) in [6, 6.07) is 12.8. The van der Waals surface area contributed by atoms with Crippen LogP contribution in [-0.4, -0.2) is 47.2 Å². The van der Waals surface area contributed by atoms with E-state index in [4.69, 9.17) is 11.6 Å². The van der Waals surface area contributed by atoms with E-state index in [1.807, 2.05) is 18.2 Å². The molecule has 0 bridgehead atoms. The van der Waals surface area contributed by atoms with Gasteiger partial charge in [0, 0.05) is 55.3 Å². The minimum absolute atomic E-state index is 0.242. The van der Waals surface area contributed by atoms with E-state index in [0.29, 0.717) is 6.04 Å². The molecular formula is C18H23ClN2OS. The van der Waals surface area contributed by atoms with Gasteiger partial charge in [0.05, 0.1) is 0 Å². The molecule has 1 N–H and O–H groups in total. The topological polar surface area (TPSA) is 26.7 Å². The summed E-state index contributed by atoms with van der Waals surface area (Å²) < 4.78 is 0. The first-order valence-electron chi connectivity index (χ1n) is 8.09. The molecule has 0 amide bonds. The number of aliphatic hydroxyl groups excluding tert-OH is 1. The summed E-state index contributed by atoms with van der Waals surface area (Å²) in [5.41, 5.74) is 1.18. The minimum atomic E-state index is 0.242. The van der Waals surface area contributed by atoms with Crippen LogP contribution < -0.4 is 0 Å². The number of rotatable bonds is 6. The van der Waals surface area contributed by atoms with Gasteiger partial charge in [0.25, 0.3) is 0 Å². The van der Waals surface area contributed by atoms with Crippen LogP contribution >= 0.6 is 22.9 Å². The fourth-order valence-corrected chi connectivity index (χ4v) is 4.13. The fraction of sp³-hybridized carbons (Fsp3) is 0.444. The molecule has 0 radical (unpaired) electrons. The molecule has 3 nitrogen and oxygen atoms in total. The van der Waals surface area contributed by atoms with Gasteiger partial charge in [-0.2, -0.15) is 0 Å². The van der Waals surface area contributed by atoms with E-state index >= 15 is 0 Å². The Morgan fingerprint density at radius 2 is 2.00 bits per heavy atom.